The van der Waals surface area contributed by atoms with Gasteiger partial charge < -0.3 is 9.67 Å². The third kappa shape index (κ3) is 4.59. The molecule has 2 aromatic heterocycles. The molecule has 34 heavy (non-hydrogen) atoms. The molecule has 0 unspecified atom stereocenters. The Morgan fingerprint density at radius 2 is 1.65 bits per heavy atom. The molecule has 0 bridgehead atoms. The van der Waals surface area contributed by atoms with Gasteiger partial charge in [-0.25, -0.2) is 4.98 Å². The van der Waals surface area contributed by atoms with Crippen LogP contribution in [-0.4, -0.2) is 14.7 Å². The molecule has 5 rings (SSSR count). The second-order valence-electron chi connectivity index (χ2n) is 7.53. The van der Waals surface area contributed by atoms with Crippen LogP contribution in [0.25, 0.3) is 10.9 Å². The molecule has 0 saturated heterocycles. The van der Waals surface area contributed by atoms with E-state index in [9.17, 15) is 5.11 Å². The average Bonchev–Trinajstić information content (AvgIpc) is 3.33. The molecule has 0 spiro atoms. The summed E-state index contributed by atoms with van der Waals surface area (Å²) >= 11 is 7.52. The van der Waals surface area contributed by atoms with Crippen molar-refractivity contribution in [1.82, 2.24) is 9.55 Å². The summed E-state index contributed by atoms with van der Waals surface area (Å²) < 4.78 is 1.79. The van der Waals surface area contributed by atoms with Crippen LogP contribution < -0.4 is 0 Å². The van der Waals surface area contributed by atoms with Crippen LogP contribution in [0.2, 0.25) is 5.02 Å². The second-order valence-corrected chi connectivity index (χ2v) is 8.92. The number of aromatic nitrogens is 2. The van der Waals surface area contributed by atoms with Crippen molar-refractivity contribution in [3.05, 3.63) is 95.1 Å². The molecule has 3 aromatic carbocycles. The van der Waals surface area contributed by atoms with E-state index in [0.717, 1.165) is 16.8 Å². The molecule has 0 amide bonds. The fourth-order valence-electron chi connectivity index (χ4n) is 3.52. The third-order valence-corrected chi connectivity index (χ3v) is 6.33. The number of azo groups is 2. The summed E-state index contributed by atoms with van der Waals surface area (Å²) in [6, 6.07) is 24.8. The molecule has 0 saturated carbocycles. The highest BCUT2D eigenvalue weighted by atomic mass is 35.5. The van der Waals surface area contributed by atoms with Gasteiger partial charge >= 0.3 is 0 Å². The van der Waals surface area contributed by atoms with E-state index in [-0.39, 0.29) is 5.88 Å². The van der Waals surface area contributed by atoms with Crippen LogP contribution in [0.5, 0.6) is 5.88 Å². The van der Waals surface area contributed by atoms with Gasteiger partial charge in [-0.15, -0.1) is 20.5 Å². The number of rotatable bonds is 6. The molecule has 0 aliphatic carbocycles. The van der Waals surface area contributed by atoms with Gasteiger partial charge in [0.25, 0.3) is 0 Å². The van der Waals surface area contributed by atoms with E-state index in [0.29, 0.717) is 38.5 Å². The summed E-state index contributed by atoms with van der Waals surface area (Å²) in [6.07, 6.45) is 0. The summed E-state index contributed by atoms with van der Waals surface area (Å²) in [4.78, 5) is 4.43. The van der Waals surface area contributed by atoms with Crippen LogP contribution in [0.15, 0.2) is 99.3 Å². The minimum absolute atomic E-state index is 0.0159. The number of aryl methyl sites for hydroxylation is 1. The molecule has 0 radical (unpaired) electrons. The van der Waals surface area contributed by atoms with E-state index in [1.54, 1.807) is 16.7 Å². The Balaban J connectivity index is 1.48. The molecule has 168 valence electrons. The maximum Gasteiger partial charge on any atom is 0.232 e. The molecule has 0 fully saturated rings. The zero-order chi connectivity index (χ0) is 23.5. The smallest absolute Gasteiger partial charge is 0.232 e. The highest BCUT2D eigenvalue weighted by Crippen LogP contribution is 2.42. The Morgan fingerprint density at radius 1 is 0.912 bits per heavy atom. The molecular weight excluding hydrogens is 468 g/mol. The molecule has 2 heterocycles. The number of aromatic hydroxyl groups is 1. The predicted octanol–water partition coefficient (Wildman–Crippen LogP) is 8.64. The van der Waals surface area contributed by atoms with Crippen LogP contribution in [0, 0.1) is 6.92 Å². The summed E-state index contributed by atoms with van der Waals surface area (Å²) in [6.45, 7) is 2.33. The van der Waals surface area contributed by atoms with E-state index in [4.69, 9.17) is 11.6 Å². The summed E-state index contributed by atoms with van der Waals surface area (Å²) in [5.74, 6) is 0.0159. The molecule has 7 nitrogen and oxygen atoms in total. The molecule has 1 N–H and O–H groups in total. The van der Waals surface area contributed by atoms with Gasteiger partial charge in [-0.1, -0.05) is 71.5 Å². The van der Waals surface area contributed by atoms with Crippen molar-refractivity contribution in [2.24, 2.45) is 20.5 Å². The number of halogens is 1. The van der Waals surface area contributed by atoms with Crippen molar-refractivity contribution in [3.8, 4) is 5.88 Å². The van der Waals surface area contributed by atoms with E-state index >= 15 is 0 Å². The summed E-state index contributed by atoms with van der Waals surface area (Å²) in [7, 11) is 0. The lowest BCUT2D eigenvalue weighted by molar-refractivity contribution is 0.429. The number of benzene rings is 3. The van der Waals surface area contributed by atoms with Crippen LogP contribution >= 0.6 is 22.9 Å². The zero-order valence-corrected chi connectivity index (χ0v) is 19.7. The number of thiazole rings is 1. The fraction of sp³-hybridized carbons (Fsp3) is 0.0800. The zero-order valence-electron chi connectivity index (χ0n) is 18.1. The standard InChI is InChI=1S/C25H19ClN6OS/c1-16-23(30-28-19-10-6-3-7-11-19)34-25(27-16)31-29-22-20-14-18(26)12-13-21(20)32(24(22)33)15-17-8-4-2-5-9-17/h2-14,33H,15H2,1H3. The lowest BCUT2D eigenvalue weighted by atomic mass is 10.2. The van der Waals surface area contributed by atoms with Gasteiger partial charge in [0.05, 0.1) is 23.4 Å². The van der Waals surface area contributed by atoms with Crippen molar-refractivity contribution < 1.29 is 5.11 Å². The van der Waals surface area contributed by atoms with E-state index in [2.05, 4.69) is 25.4 Å². The van der Waals surface area contributed by atoms with Gasteiger partial charge in [0.1, 0.15) is 0 Å². The van der Waals surface area contributed by atoms with Gasteiger partial charge in [0.15, 0.2) is 10.7 Å². The molecular formula is C25H19ClN6OS. The first kappa shape index (κ1) is 21.9. The minimum atomic E-state index is 0.0159. The maximum absolute atomic E-state index is 11.0. The van der Waals surface area contributed by atoms with Crippen molar-refractivity contribution in [1.29, 1.82) is 0 Å². The Kier molecular flexibility index (Phi) is 6.16. The lowest BCUT2D eigenvalue weighted by Gasteiger charge is -2.07. The third-order valence-electron chi connectivity index (χ3n) is 5.16. The van der Waals surface area contributed by atoms with Gasteiger partial charge in [0.2, 0.25) is 11.0 Å². The fourth-order valence-corrected chi connectivity index (χ4v) is 4.41. The monoisotopic (exact) mass is 486 g/mol. The van der Waals surface area contributed by atoms with E-state index in [1.165, 1.54) is 11.3 Å². The Labute approximate surface area is 204 Å². The van der Waals surface area contributed by atoms with Crippen LogP contribution in [0.1, 0.15) is 11.3 Å². The van der Waals surface area contributed by atoms with Crippen molar-refractivity contribution in [3.63, 3.8) is 0 Å². The normalized spacial score (nSPS) is 11.8. The highest BCUT2D eigenvalue weighted by Gasteiger charge is 2.18. The van der Waals surface area contributed by atoms with Crippen LogP contribution in [0.3, 0.4) is 0 Å². The second kappa shape index (κ2) is 9.54. The highest BCUT2D eigenvalue weighted by molar-refractivity contribution is 7.19. The lowest BCUT2D eigenvalue weighted by Crippen LogP contribution is -1.98. The Hall–Kier alpha value is -3.88. The average molecular weight is 487 g/mol. The van der Waals surface area contributed by atoms with Gasteiger partial charge in [-0.3, -0.25) is 0 Å². The number of hydrogen-bond donors (Lipinski definition) is 1. The number of nitrogens with zero attached hydrogens (tertiary/aromatic N) is 6. The topological polar surface area (TPSA) is 87.5 Å². The minimum Gasteiger partial charge on any atom is -0.493 e. The van der Waals surface area contributed by atoms with Gasteiger partial charge in [0, 0.05) is 10.4 Å². The van der Waals surface area contributed by atoms with Crippen molar-refractivity contribution in [2.45, 2.75) is 13.5 Å². The number of hydrogen-bond acceptors (Lipinski definition) is 7. The first-order valence-electron chi connectivity index (χ1n) is 10.5. The first-order chi connectivity index (χ1) is 16.6. The SMILES string of the molecule is Cc1nc(N=Nc2c(O)n(Cc3ccccc3)c3ccc(Cl)cc23)sc1N=Nc1ccccc1. The predicted molar refractivity (Wildman–Crippen MR) is 136 cm³/mol. The molecule has 9 heteroatoms. The van der Waals surface area contributed by atoms with Crippen molar-refractivity contribution >= 4 is 55.3 Å². The quantitative estimate of drug-likeness (QED) is 0.243. The molecule has 0 atom stereocenters. The van der Waals surface area contributed by atoms with Crippen LogP contribution in [-0.2, 0) is 6.54 Å². The first-order valence-corrected chi connectivity index (χ1v) is 11.7. The van der Waals surface area contributed by atoms with E-state index < -0.39 is 0 Å². The van der Waals surface area contributed by atoms with Crippen LogP contribution in [0.4, 0.5) is 21.5 Å². The maximum atomic E-state index is 11.0. The van der Waals surface area contributed by atoms with Gasteiger partial charge in [-0.05, 0) is 42.8 Å². The van der Waals surface area contributed by atoms with Gasteiger partial charge in [-0.2, -0.15) is 0 Å². The van der Waals surface area contributed by atoms with Crippen molar-refractivity contribution in [2.75, 3.05) is 0 Å². The molecule has 0 aliphatic rings. The Morgan fingerprint density at radius 3 is 2.41 bits per heavy atom. The molecule has 0 aliphatic heterocycles. The summed E-state index contributed by atoms with van der Waals surface area (Å²) in [5.41, 5.74) is 3.67. The number of fused-ring (bicyclic) bond motifs is 1. The largest absolute Gasteiger partial charge is 0.493 e. The van der Waals surface area contributed by atoms with E-state index in [1.807, 2.05) is 73.7 Å². The Bertz CT molecular complexity index is 1510. The molecule has 5 aromatic rings. The summed E-state index contributed by atoms with van der Waals surface area (Å²) in [5, 5.41) is 30.5.